The number of allylic oxidation sites excluding steroid dienone is 1. The Kier molecular flexibility index (Phi) is 6.96. The first kappa shape index (κ1) is 21.3. The SMILES string of the molecule is Cc1nn(Cc2cc(F)c(S(=O)N(C)C)cc2F)c(C)c1C/C(F)=C/CN. The number of nitrogens with zero attached hydrogens (tertiary/aromatic N) is 3. The van der Waals surface area contributed by atoms with Crippen LogP contribution in [0.4, 0.5) is 13.2 Å². The Balaban J connectivity index is 2.34. The average Bonchev–Trinajstić information content (AvgIpc) is 2.85. The average molecular weight is 400 g/mol. The first-order valence-electron chi connectivity index (χ1n) is 8.30. The van der Waals surface area contributed by atoms with Gasteiger partial charge in [-0.25, -0.2) is 21.7 Å². The Bertz CT molecular complexity index is 893. The van der Waals surface area contributed by atoms with Crippen LogP contribution in [0.1, 0.15) is 22.5 Å². The van der Waals surface area contributed by atoms with E-state index < -0.39 is 22.6 Å². The van der Waals surface area contributed by atoms with Crippen LogP contribution in [0.15, 0.2) is 28.9 Å². The summed E-state index contributed by atoms with van der Waals surface area (Å²) in [6, 6.07) is 1.97. The number of benzene rings is 1. The molecule has 2 rings (SSSR count). The lowest BCUT2D eigenvalue weighted by Gasteiger charge is -2.12. The predicted octanol–water partition coefficient (Wildman–Crippen LogP) is 2.77. The summed E-state index contributed by atoms with van der Waals surface area (Å²) in [7, 11) is 1.24. The van der Waals surface area contributed by atoms with Crippen LogP contribution < -0.4 is 5.73 Å². The fourth-order valence-corrected chi connectivity index (χ4v) is 3.52. The van der Waals surface area contributed by atoms with Gasteiger partial charge >= 0.3 is 0 Å². The molecule has 148 valence electrons. The molecule has 2 aromatic rings. The minimum Gasteiger partial charge on any atom is -0.327 e. The first-order chi connectivity index (χ1) is 12.6. The summed E-state index contributed by atoms with van der Waals surface area (Å²) in [6.07, 6.45) is 1.33. The molecule has 0 bridgehead atoms. The number of hydrogen-bond acceptors (Lipinski definition) is 3. The molecule has 0 fully saturated rings. The fourth-order valence-electron chi connectivity index (χ4n) is 2.70. The van der Waals surface area contributed by atoms with Crippen molar-refractivity contribution in [2.75, 3.05) is 20.6 Å². The molecule has 2 N–H and O–H groups in total. The van der Waals surface area contributed by atoms with Crippen molar-refractivity contribution < 1.29 is 17.4 Å². The van der Waals surface area contributed by atoms with Crippen LogP contribution in [-0.2, 0) is 24.0 Å². The van der Waals surface area contributed by atoms with Gasteiger partial charge in [-0.2, -0.15) is 5.10 Å². The highest BCUT2D eigenvalue weighted by molar-refractivity contribution is 7.82. The lowest BCUT2D eigenvalue weighted by molar-refractivity contribution is 0.536. The molecule has 1 aromatic heterocycles. The van der Waals surface area contributed by atoms with Gasteiger partial charge in [0.05, 0.1) is 17.1 Å². The molecule has 1 unspecified atom stereocenters. The second-order valence-electron chi connectivity index (χ2n) is 6.31. The number of nitrogens with two attached hydrogens (primary N) is 1. The van der Waals surface area contributed by atoms with Gasteiger partial charge in [0.15, 0.2) is 0 Å². The summed E-state index contributed by atoms with van der Waals surface area (Å²) < 4.78 is 57.3. The van der Waals surface area contributed by atoms with E-state index in [4.69, 9.17) is 5.73 Å². The number of halogens is 3. The summed E-state index contributed by atoms with van der Waals surface area (Å²) in [5.41, 5.74) is 7.34. The van der Waals surface area contributed by atoms with Gasteiger partial charge in [-0.3, -0.25) is 4.68 Å². The van der Waals surface area contributed by atoms with Gasteiger partial charge in [-0.1, -0.05) is 0 Å². The van der Waals surface area contributed by atoms with E-state index in [1.54, 1.807) is 13.8 Å². The monoisotopic (exact) mass is 400 g/mol. The van der Waals surface area contributed by atoms with Crippen LogP contribution in [0.2, 0.25) is 0 Å². The second-order valence-corrected chi connectivity index (χ2v) is 7.97. The lowest BCUT2D eigenvalue weighted by atomic mass is 10.1. The Morgan fingerprint density at radius 2 is 1.96 bits per heavy atom. The Morgan fingerprint density at radius 3 is 2.56 bits per heavy atom. The molecule has 1 atom stereocenters. The molecular formula is C18H23F3N4OS. The Morgan fingerprint density at radius 1 is 1.30 bits per heavy atom. The summed E-state index contributed by atoms with van der Waals surface area (Å²) in [5.74, 6) is -1.79. The third-order valence-corrected chi connectivity index (χ3v) is 5.51. The van der Waals surface area contributed by atoms with Gasteiger partial charge in [0.25, 0.3) is 0 Å². The molecule has 5 nitrogen and oxygen atoms in total. The smallest absolute Gasteiger partial charge is 0.141 e. The quantitative estimate of drug-likeness (QED) is 0.777. The van der Waals surface area contributed by atoms with Crippen molar-refractivity contribution in [3.05, 3.63) is 58.2 Å². The maximum absolute atomic E-state index is 14.4. The van der Waals surface area contributed by atoms with Crippen LogP contribution in [0.25, 0.3) is 0 Å². The van der Waals surface area contributed by atoms with E-state index in [0.29, 0.717) is 17.0 Å². The minimum atomic E-state index is -1.79. The highest BCUT2D eigenvalue weighted by Gasteiger charge is 2.19. The van der Waals surface area contributed by atoms with E-state index >= 15 is 0 Å². The van der Waals surface area contributed by atoms with Crippen molar-refractivity contribution in [3.63, 3.8) is 0 Å². The van der Waals surface area contributed by atoms with Gasteiger partial charge < -0.3 is 5.73 Å². The molecule has 0 aliphatic rings. The predicted molar refractivity (Wildman–Crippen MR) is 99.2 cm³/mol. The van der Waals surface area contributed by atoms with Gasteiger partial charge in [-0.15, -0.1) is 0 Å². The summed E-state index contributed by atoms with van der Waals surface area (Å²) in [5, 5.41) is 4.31. The molecule has 0 aliphatic carbocycles. The highest BCUT2D eigenvalue weighted by Crippen LogP contribution is 2.23. The van der Waals surface area contributed by atoms with E-state index in [0.717, 1.165) is 12.1 Å². The molecule has 0 saturated carbocycles. The largest absolute Gasteiger partial charge is 0.327 e. The summed E-state index contributed by atoms with van der Waals surface area (Å²) in [6.45, 7) is 3.55. The third kappa shape index (κ3) is 4.85. The fraction of sp³-hybridized carbons (Fsp3) is 0.389. The summed E-state index contributed by atoms with van der Waals surface area (Å²) >= 11 is 0. The van der Waals surface area contributed by atoms with E-state index in [1.807, 2.05) is 0 Å². The van der Waals surface area contributed by atoms with Gasteiger partial charge in [0.1, 0.15) is 28.4 Å². The van der Waals surface area contributed by atoms with Crippen molar-refractivity contribution in [1.29, 1.82) is 0 Å². The van der Waals surface area contributed by atoms with Gasteiger partial charge in [0.2, 0.25) is 0 Å². The molecule has 0 aliphatic heterocycles. The van der Waals surface area contributed by atoms with E-state index in [-0.39, 0.29) is 35.8 Å². The zero-order chi connectivity index (χ0) is 20.3. The van der Waals surface area contributed by atoms with Gasteiger partial charge in [0, 0.05) is 29.8 Å². The Labute approximate surface area is 159 Å². The number of aromatic nitrogens is 2. The van der Waals surface area contributed by atoms with Crippen molar-refractivity contribution in [2.45, 2.75) is 31.7 Å². The van der Waals surface area contributed by atoms with Crippen LogP contribution >= 0.6 is 0 Å². The molecule has 27 heavy (non-hydrogen) atoms. The second kappa shape index (κ2) is 8.81. The molecule has 0 radical (unpaired) electrons. The van der Waals surface area contributed by atoms with Crippen molar-refractivity contribution in [1.82, 2.24) is 14.1 Å². The van der Waals surface area contributed by atoms with Crippen LogP contribution in [0.3, 0.4) is 0 Å². The molecular weight excluding hydrogens is 377 g/mol. The molecule has 1 heterocycles. The van der Waals surface area contributed by atoms with Crippen molar-refractivity contribution in [2.24, 2.45) is 5.73 Å². The van der Waals surface area contributed by atoms with E-state index in [1.165, 1.54) is 29.2 Å². The van der Waals surface area contributed by atoms with Gasteiger partial charge in [-0.05, 0) is 46.2 Å². The molecule has 9 heteroatoms. The summed E-state index contributed by atoms with van der Waals surface area (Å²) in [4.78, 5) is -0.218. The van der Waals surface area contributed by atoms with E-state index in [9.17, 15) is 17.4 Å². The lowest BCUT2D eigenvalue weighted by Crippen LogP contribution is -2.17. The third-order valence-electron chi connectivity index (χ3n) is 4.16. The number of hydrogen-bond donors (Lipinski definition) is 1. The van der Waals surface area contributed by atoms with Crippen LogP contribution in [-0.4, -0.2) is 38.9 Å². The number of aryl methyl sites for hydroxylation is 1. The molecule has 0 saturated heterocycles. The zero-order valence-electron chi connectivity index (χ0n) is 15.7. The van der Waals surface area contributed by atoms with Crippen LogP contribution in [0.5, 0.6) is 0 Å². The standard InChI is InChI=1S/C18H23F3N4OS/c1-11-15(8-14(19)5-6-22)12(2)25(23-11)10-13-7-17(21)18(9-16(13)20)27(26)24(3)4/h5,7,9H,6,8,10,22H2,1-4H3/b14-5-. The van der Waals surface area contributed by atoms with E-state index in [2.05, 4.69) is 5.10 Å². The first-order valence-corrected chi connectivity index (χ1v) is 9.41. The minimum absolute atomic E-state index is 0.0213. The molecule has 0 spiro atoms. The van der Waals surface area contributed by atoms with Crippen LogP contribution in [0, 0.1) is 25.5 Å². The van der Waals surface area contributed by atoms with Crippen molar-refractivity contribution >= 4 is 11.0 Å². The normalized spacial score (nSPS) is 13.4. The van der Waals surface area contributed by atoms with Crippen molar-refractivity contribution in [3.8, 4) is 0 Å². The topological polar surface area (TPSA) is 64.2 Å². The highest BCUT2D eigenvalue weighted by atomic mass is 32.2. The molecule has 0 amide bonds. The maximum Gasteiger partial charge on any atom is 0.141 e. The molecule has 1 aromatic carbocycles. The maximum atomic E-state index is 14.4. The number of rotatable bonds is 7. The Hall–Kier alpha value is -1.97. The zero-order valence-corrected chi connectivity index (χ0v) is 16.5.